The van der Waals surface area contributed by atoms with Gasteiger partial charge in [-0.05, 0) is 30.5 Å². The number of carbonyl (C=O) groups is 1. The summed E-state index contributed by atoms with van der Waals surface area (Å²) in [5.74, 6) is -0.184. The number of anilines is 1. The molecule has 1 amide bonds. The van der Waals surface area contributed by atoms with Crippen molar-refractivity contribution >= 4 is 11.6 Å². The Kier molecular flexibility index (Phi) is 4.18. The minimum absolute atomic E-state index is 0.0291. The van der Waals surface area contributed by atoms with E-state index < -0.39 is 5.82 Å². The zero-order valence-corrected chi connectivity index (χ0v) is 10.4. The van der Waals surface area contributed by atoms with Gasteiger partial charge in [-0.3, -0.25) is 4.79 Å². The number of halogens is 1. The van der Waals surface area contributed by atoms with E-state index in [9.17, 15) is 9.18 Å². The first-order valence-electron chi connectivity index (χ1n) is 6.50. The second-order valence-corrected chi connectivity index (χ2v) is 4.93. The summed E-state index contributed by atoms with van der Waals surface area (Å²) >= 11 is 0. The third kappa shape index (κ3) is 3.22. The predicted octanol–water partition coefficient (Wildman–Crippen LogP) is 2.72. The molecule has 0 aromatic heterocycles. The highest BCUT2D eigenvalue weighted by Gasteiger charge is 2.16. The number of carbonyl (C=O) groups excluding carboxylic acids is 1. The van der Waals surface area contributed by atoms with E-state index in [1.807, 2.05) is 0 Å². The van der Waals surface area contributed by atoms with Crippen molar-refractivity contribution < 1.29 is 9.18 Å². The first-order chi connectivity index (χ1) is 8.66. The van der Waals surface area contributed by atoms with Crippen molar-refractivity contribution in [3.8, 4) is 0 Å². The molecule has 1 saturated carbocycles. The lowest BCUT2D eigenvalue weighted by molar-refractivity contribution is 0.0947. The highest BCUT2D eigenvalue weighted by molar-refractivity contribution is 5.95. The van der Waals surface area contributed by atoms with Crippen molar-refractivity contribution in [1.29, 1.82) is 0 Å². The maximum atomic E-state index is 13.4. The zero-order valence-electron chi connectivity index (χ0n) is 10.4. The van der Waals surface area contributed by atoms with Crippen LogP contribution in [0.25, 0.3) is 0 Å². The Morgan fingerprint density at radius 1 is 1.39 bits per heavy atom. The van der Waals surface area contributed by atoms with Crippen LogP contribution < -0.4 is 11.1 Å². The van der Waals surface area contributed by atoms with Gasteiger partial charge in [0.05, 0.1) is 5.56 Å². The molecule has 0 radical (unpaired) electrons. The molecule has 98 valence electrons. The summed E-state index contributed by atoms with van der Waals surface area (Å²) in [6.45, 7) is 0.609. The minimum atomic E-state index is -0.525. The molecule has 1 aromatic rings. The Labute approximate surface area is 107 Å². The van der Waals surface area contributed by atoms with Gasteiger partial charge in [-0.15, -0.1) is 0 Å². The molecule has 1 aliphatic rings. The van der Waals surface area contributed by atoms with Crippen LogP contribution in [0, 0.1) is 11.7 Å². The predicted molar refractivity (Wildman–Crippen MR) is 69.7 cm³/mol. The molecular formula is C14H19FN2O. The van der Waals surface area contributed by atoms with E-state index >= 15 is 0 Å². The fourth-order valence-electron chi connectivity index (χ4n) is 2.50. The molecular weight excluding hydrogens is 231 g/mol. The first-order valence-corrected chi connectivity index (χ1v) is 6.50. The highest BCUT2D eigenvalue weighted by Crippen LogP contribution is 2.26. The fraction of sp³-hybridized carbons (Fsp3) is 0.500. The molecule has 2 rings (SSSR count). The number of hydrogen-bond donors (Lipinski definition) is 2. The lowest BCUT2D eigenvalue weighted by atomic mass is 10.0. The van der Waals surface area contributed by atoms with Crippen LogP contribution in [0.3, 0.4) is 0 Å². The monoisotopic (exact) mass is 250 g/mol. The van der Waals surface area contributed by atoms with Gasteiger partial charge in [0.15, 0.2) is 0 Å². The SMILES string of the molecule is Nc1ccc(F)c(C(=O)NCCC2CCCC2)c1. The van der Waals surface area contributed by atoms with E-state index in [1.54, 1.807) is 0 Å². The Morgan fingerprint density at radius 3 is 2.83 bits per heavy atom. The van der Waals surface area contributed by atoms with Crippen molar-refractivity contribution in [3.63, 3.8) is 0 Å². The van der Waals surface area contributed by atoms with Crippen LogP contribution in [0.2, 0.25) is 0 Å². The van der Waals surface area contributed by atoms with Crippen LogP contribution in [0.5, 0.6) is 0 Å². The summed E-state index contributed by atoms with van der Waals surface area (Å²) < 4.78 is 13.4. The summed E-state index contributed by atoms with van der Waals surface area (Å²) in [5, 5.41) is 2.76. The number of nitrogens with one attached hydrogen (secondary N) is 1. The quantitative estimate of drug-likeness (QED) is 0.807. The number of nitrogen functional groups attached to an aromatic ring is 1. The molecule has 1 fully saturated rings. The number of nitrogens with two attached hydrogens (primary N) is 1. The maximum absolute atomic E-state index is 13.4. The number of amides is 1. The molecule has 1 aliphatic carbocycles. The Bertz CT molecular complexity index is 428. The molecule has 0 heterocycles. The Balaban J connectivity index is 1.85. The van der Waals surface area contributed by atoms with E-state index in [0.717, 1.165) is 12.3 Å². The third-order valence-electron chi connectivity index (χ3n) is 3.55. The van der Waals surface area contributed by atoms with Gasteiger partial charge >= 0.3 is 0 Å². The van der Waals surface area contributed by atoms with E-state index in [4.69, 9.17) is 5.73 Å². The fourth-order valence-corrected chi connectivity index (χ4v) is 2.50. The Hall–Kier alpha value is -1.58. The van der Waals surface area contributed by atoms with Gasteiger partial charge in [0, 0.05) is 12.2 Å². The second-order valence-electron chi connectivity index (χ2n) is 4.93. The normalized spacial score (nSPS) is 15.8. The van der Waals surface area contributed by atoms with Gasteiger partial charge in [0.25, 0.3) is 5.91 Å². The topological polar surface area (TPSA) is 55.1 Å². The van der Waals surface area contributed by atoms with Gasteiger partial charge in [0.2, 0.25) is 0 Å². The summed E-state index contributed by atoms with van der Waals surface area (Å²) in [7, 11) is 0. The lowest BCUT2D eigenvalue weighted by Gasteiger charge is -2.10. The Morgan fingerprint density at radius 2 is 2.11 bits per heavy atom. The smallest absolute Gasteiger partial charge is 0.254 e. The molecule has 0 atom stereocenters. The standard InChI is InChI=1S/C14H19FN2O/c15-13-6-5-11(16)9-12(13)14(18)17-8-7-10-3-1-2-4-10/h5-6,9-10H,1-4,7-8,16H2,(H,17,18). The molecule has 0 unspecified atom stereocenters. The average Bonchev–Trinajstić information content (AvgIpc) is 2.85. The van der Waals surface area contributed by atoms with Crippen molar-refractivity contribution in [3.05, 3.63) is 29.6 Å². The second kappa shape index (κ2) is 5.85. The van der Waals surface area contributed by atoms with Gasteiger partial charge in [0.1, 0.15) is 5.82 Å². The molecule has 3 N–H and O–H groups in total. The van der Waals surface area contributed by atoms with Crippen LogP contribution in [0.15, 0.2) is 18.2 Å². The number of rotatable bonds is 4. The lowest BCUT2D eigenvalue weighted by Crippen LogP contribution is -2.26. The van der Waals surface area contributed by atoms with E-state index in [0.29, 0.717) is 12.2 Å². The minimum Gasteiger partial charge on any atom is -0.399 e. The van der Waals surface area contributed by atoms with Crippen LogP contribution in [0.4, 0.5) is 10.1 Å². The molecule has 4 heteroatoms. The molecule has 1 aromatic carbocycles. The molecule has 0 saturated heterocycles. The van der Waals surface area contributed by atoms with E-state index in [1.165, 1.54) is 43.9 Å². The molecule has 0 bridgehead atoms. The van der Waals surface area contributed by atoms with Crippen molar-refractivity contribution in [1.82, 2.24) is 5.32 Å². The van der Waals surface area contributed by atoms with E-state index in [-0.39, 0.29) is 11.5 Å². The van der Waals surface area contributed by atoms with Gasteiger partial charge in [-0.25, -0.2) is 4.39 Å². The van der Waals surface area contributed by atoms with Gasteiger partial charge in [-0.1, -0.05) is 25.7 Å². The van der Waals surface area contributed by atoms with Crippen LogP contribution in [-0.2, 0) is 0 Å². The largest absolute Gasteiger partial charge is 0.399 e. The van der Waals surface area contributed by atoms with E-state index in [2.05, 4.69) is 5.32 Å². The summed E-state index contributed by atoms with van der Waals surface area (Å²) in [5.41, 5.74) is 5.98. The van der Waals surface area contributed by atoms with Crippen LogP contribution >= 0.6 is 0 Å². The summed E-state index contributed by atoms with van der Waals surface area (Å²) in [6.07, 6.45) is 6.08. The molecule has 0 spiro atoms. The van der Waals surface area contributed by atoms with Gasteiger partial charge < -0.3 is 11.1 Å². The average molecular weight is 250 g/mol. The maximum Gasteiger partial charge on any atom is 0.254 e. The molecule has 3 nitrogen and oxygen atoms in total. The third-order valence-corrected chi connectivity index (χ3v) is 3.55. The molecule has 18 heavy (non-hydrogen) atoms. The van der Waals surface area contributed by atoms with Crippen LogP contribution in [0.1, 0.15) is 42.5 Å². The molecule has 0 aliphatic heterocycles. The van der Waals surface area contributed by atoms with Gasteiger partial charge in [-0.2, -0.15) is 0 Å². The highest BCUT2D eigenvalue weighted by atomic mass is 19.1. The van der Waals surface area contributed by atoms with Crippen molar-refractivity contribution in [2.24, 2.45) is 5.92 Å². The first kappa shape index (κ1) is 12.9. The van der Waals surface area contributed by atoms with Crippen molar-refractivity contribution in [2.45, 2.75) is 32.1 Å². The summed E-state index contributed by atoms with van der Waals surface area (Å²) in [4.78, 5) is 11.8. The zero-order chi connectivity index (χ0) is 13.0. The number of hydrogen-bond acceptors (Lipinski definition) is 2. The van der Waals surface area contributed by atoms with Crippen LogP contribution in [-0.4, -0.2) is 12.5 Å². The summed E-state index contributed by atoms with van der Waals surface area (Å²) in [6, 6.07) is 4.05. The van der Waals surface area contributed by atoms with Crippen molar-refractivity contribution in [2.75, 3.05) is 12.3 Å². The number of benzene rings is 1.